The topological polar surface area (TPSA) is 86.5 Å². The number of hydrogen-bond acceptors (Lipinski definition) is 4. The minimum Gasteiger partial charge on any atom is -0.421 e. The van der Waals surface area contributed by atoms with Gasteiger partial charge < -0.3 is 4.74 Å². The van der Waals surface area contributed by atoms with Crippen LogP contribution in [0.5, 0.6) is 5.75 Å². The fourth-order valence-electron chi connectivity index (χ4n) is 1.53. The van der Waals surface area contributed by atoms with Gasteiger partial charge in [-0.1, -0.05) is 18.2 Å². The van der Waals surface area contributed by atoms with E-state index in [1.165, 1.54) is 12.1 Å². The quantitative estimate of drug-likeness (QED) is 0.689. The third-order valence-corrected chi connectivity index (χ3v) is 3.37. The first-order chi connectivity index (χ1) is 9.38. The predicted octanol–water partition coefficient (Wildman–Crippen LogP) is 1.69. The highest BCUT2D eigenvalue weighted by molar-refractivity contribution is 7.89. The van der Waals surface area contributed by atoms with Crippen LogP contribution < -0.4 is 9.88 Å². The molecule has 20 heavy (non-hydrogen) atoms. The van der Waals surface area contributed by atoms with E-state index in [0.717, 1.165) is 18.2 Å². The van der Waals surface area contributed by atoms with Crippen molar-refractivity contribution in [1.29, 1.82) is 0 Å². The molecule has 0 aliphatic rings. The van der Waals surface area contributed by atoms with E-state index in [1.54, 1.807) is 18.2 Å². The molecule has 0 saturated heterocycles. The number of rotatable bonds is 3. The molecule has 0 heterocycles. The van der Waals surface area contributed by atoms with Gasteiger partial charge in [-0.05, 0) is 24.3 Å². The number of carbonyl (C=O) groups excluding carboxylic acids is 1. The van der Waals surface area contributed by atoms with Crippen molar-refractivity contribution >= 4 is 16.0 Å². The number of benzene rings is 2. The van der Waals surface area contributed by atoms with E-state index in [1.807, 2.05) is 0 Å². The number of ether oxygens (including phenoxy) is 1. The summed E-state index contributed by atoms with van der Waals surface area (Å²) in [7, 11) is -4.12. The molecule has 0 atom stereocenters. The minimum absolute atomic E-state index is 0.206. The van der Waals surface area contributed by atoms with Crippen molar-refractivity contribution in [3.05, 3.63) is 59.9 Å². The lowest BCUT2D eigenvalue weighted by molar-refractivity contribution is 0.0730. The highest BCUT2D eigenvalue weighted by Crippen LogP contribution is 2.24. The molecule has 0 amide bonds. The van der Waals surface area contributed by atoms with Gasteiger partial charge >= 0.3 is 5.97 Å². The summed E-state index contributed by atoms with van der Waals surface area (Å²) in [6, 6.07) is 10.6. The second-order valence-corrected chi connectivity index (χ2v) is 5.42. The molecule has 0 spiro atoms. The zero-order valence-corrected chi connectivity index (χ0v) is 10.9. The van der Waals surface area contributed by atoms with Crippen molar-refractivity contribution in [3.8, 4) is 5.75 Å². The van der Waals surface area contributed by atoms with E-state index in [0.29, 0.717) is 0 Å². The number of hydrogen-bond donors (Lipinski definition) is 1. The molecule has 0 aliphatic heterocycles. The molecule has 0 aromatic heterocycles. The Balaban J connectivity index is 2.39. The lowest BCUT2D eigenvalue weighted by Gasteiger charge is -2.08. The Morgan fingerprint density at radius 1 is 1.10 bits per heavy atom. The van der Waals surface area contributed by atoms with Crippen molar-refractivity contribution in [1.82, 2.24) is 0 Å². The van der Waals surface area contributed by atoms with Gasteiger partial charge in [-0.15, -0.1) is 0 Å². The molecule has 0 unspecified atom stereocenters. The van der Waals surface area contributed by atoms with Crippen molar-refractivity contribution in [2.24, 2.45) is 5.14 Å². The highest BCUT2D eigenvalue weighted by atomic mass is 32.2. The second kappa shape index (κ2) is 5.40. The lowest BCUT2D eigenvalue weighted by Crippen LogP contribution is -2.16. The number of nitrogens with two attached hydrogens (primary N) is 1. The average molecular weight is 295 g/mol. The van der Waals surface area contributed by atoms with Crippen LogP contribution in [0.3, 0.4) is 0 Å². The van der Waals surface area contributed by atoms with Crippen LogP contribution in [0.4, 0.5) is 4.39 Å². The van der Waals surface area contributed by atoms with Gasteiger partial charge in [-0.2, -0.15) is 0 Å². The van der Waals surface area contributed by atoms with E-state index in [4.69, 9.17) is 9.88 Å². The Morgan fingerprint density at radius 3 is 2.35 bits per heavy atom. The summed E-state index contributed by atoms with van der Waals surface area (Å²) in [6.45, 7) is 0. The van der Waals surface area contributed by atoms with Gasteiger partial charge in [0.25, 0.3) is 0 Å². The molecule has 2 aromatic rings. The van der Waals surface area contributed by atoms with E-state index in [2.05, 4.69) is 0 Å². The van der Waals surface area contributed by atoms with Crippen LogP contribution in [-0.2, 0) is 10.0 Å². The molecule has 0 bridgehead atoms. The zero-order valence-electron chi connectivity index (χ0n) is 10.1. The summed E-state index contributed by atoms with van der Waals surface area (Å²) in [4.78, 5) is 11.4. The Hall–Kier alpha value is -2.25. The Labute approximate surface area is 114 Å². The number of carbonyl (C=O) groups is 1. The van der Waals surface area contributed by atoms with Gasteiger partial charge in [0.1, 0.15) is 10.7 Å². The predicted molar refractivity (Wildman–Crippen MR) is 69.2 cm³/mol. The monoisotopic (exact) mass is 295 g/mol. The van der Waals surface area contributed by atoms with E-state index in [9.17, 15) is 17.6 Å². The van der Waals surface area contributed by atoms with Crippen LogP contribution >= 0.6 is 0 Å². The van der Waals surface area contributed by atoms with Crippen LogP contribution in [0.15, 0.2) is 53.4 Å². The van der Waals surface area contributed by atoms with Crippen LogP contribution in [-0.4, -0.2) is 14.4 Å². The molecule has 0 aliphatic carbocycles. The fourth-order valence-corrected chi connectivity index (χ4v) is 2.17. The van der Waals surface area contributed by atoms with Crippen LogP contribution in [0.1, 0.15) is 10.4 Å². The normalized spacial score (nSPS) is 11.1. The standard InChI is InChI=1S/C13H10FNO4S/c14-10-6-7-12(20(15,17)18)11(8-10)19-13(16)9-4-2-1-3-5-9/h1-8H,(H2,15,17,18). The number of esters is 1. The maximum atomic E-state index is 13.2. The van der Waals surface area contributed by atoms with Crippen molar-refractivity contribution in [2.45, 2.75) is 4.90 Å². The average Bonchev–Trinajstić information content (AvgIpc) is 2.38. The molecular formula is C13H10FNO4S. The van der Waals surface area contributed by atoms with Gasteiger partial charge in [-0.3, -0.25) is 0 Å². The van der Waals surface area contributed by atoms with Gasteiger partial charge in [0.05, 0.1) is 5.56 Å². The molecule has 0 fully saturated rings. The lowest BCUT2D eigenvalue weighted by atomic mass is 10.2. The molecule has 0 radical (unpaired) electrons. The first kappa shape index (κ1) is 14.2. The highest BCUT2D eigenvalue weighted by Gasteiger charge is 2.19. The molecule has 104 valence electrons. The summed E-state index contributed by atoms with van der Waals surface area (Å²) < 4.78 is 40.8. The maximum absolute atomic E-state index is 13.2. The molecular weight excluding hydrogens is 285 g/mol. The zero-order chi connectivity index (χ0) is 14.8. The summed E-state index contributed by atoms with van der Waals surface area (Å²) in [5, 5.41) is 4.98. The molecule has 2 N–H and O–H groups in total. The van der Waals surface area contributed by atoms with Crippen molar-refractivity contribution < 1.29 is 22.3 Å². The van der Waals surface area contributed by atoms with Gasteiger partial charge in [0, 0.05) is 6.07 Å². The first-order valence-electron chi connectivity index (χ1n) is 5.47. The van der Waals surface area contributed by atoms with Crippen molar-refractivity contribution in [3.63, 3.8) is 0 Å². The molecule has 2 aromatic carbocycles. The molecule has 5 nitrogen and oxygen atoms in total. The SMILES string of the molecule is NS(=O)(=O)c1ccc(F)cc1OC(=O)c1ccccc1. The van der Waals surface area contributed by atoms with E-state index < -0.39 is 32.5 Å². The summed E-state index contributed by atoms with van der Waals surface area (Å²) in [5.74, 6) is -1.99. The van der Waals surface area contributed by atoms with Crippen LogP contribution in [0.2, 0.25) is 0 Å². The number of halogens is 1. The van der Waals surface area contributed by atoms with Gasteiger partial charge in [0.2, 0.25) is 10.0 Å². The van der Waals surface area contributed by atoms with Crippen molar-refractivity contribution in [2.75, 3.05) is 0 Å². The molecule has 7 heteroatoms. The summed E-state index contributed by atoms with van der Waals surface area (Å²) >= 11 is 0. The largest absolute Gasteiger partial charge is 0.421 e. The van der Waals surface area contributed by atoms with E-state index in [-0.39, 0.29) is 5.56 Å². The maximum Gasteiger partial charge on any atom is 0.343 e. The molecule has 0 saturated carbocycles. The Kier molecular flexibility index (Phi) is 3.82. The summed E-state index contributed by atoms with van der Waals surface area (Å²) in [5.41, 5.74) is 0.206. The Morgan fingerprint density at radius 2 is 1.75 bits per heavy atom. The third kappa shape index (κ3) is 3.19. The number of primary sulfonamides is 1. The number of sulfonamides is 1. The van der Waals surface area contributed by atoms with E-state index >= 15 is 0 Å². The van der Waals surface area contributed by atoms with Crippen LogP contribution in [0.25, 0.3) is 0 Å². The Bertz CT molecular complexity index is 744. The smallest absolute Gasteiger partial charge is 0.343 e. The second-order valence-electron chi connectivity index (χ2n) is 3.89. The summed E-state index contributed by atoms with van der Waals surface area (Å²) in [6.07, 6.45) is 0. The van der Waals surface area contributed by atoms with Crippen LogP contribution in [0, 0.1) is 5.82 Å². The molecule has 2 rings (SSSR count). The fraction of sp³-hybridized carbons (Fsp3) is 0. The van der Waals surface area contributed by atoms with Gasteiger partial charge in [-0.25, -0.2) is 22.7 Å². The first-order valence-corrected chi connectivity index (χ1v) is 7.02. The third-order valence-electron chi connectivity index (χ3n) is 2.42. The minimum atomic E-state index is -4.12. The van der Waals surface area contributed by atoms with Gasteiger partial charge in [0.15, 0.2) is 5.75 Å².